The topological polar surface area (TPSA) is 110 Å². The zero-order valence-corrected chi connectivity index (χ0v) is 17.3. The smallest absolute Gasteiger partial charge is 0.248 e. The van der Waals surface area contributed by atoms with Crippen molar-refractivity contribution in [2.75, 3.05) is 32.8 Å². The molecular formula is C17H21Cl2N3O5S. The molecule has 3 rings (SSSR count). The number of morpholine rings is 1. The third-order valence-electron chi connectivity index (χ3n) is 5.02. The van der Waals surface area contributed by atoms with Crippen molar-refractivity contribution in [3.63, 3.8) is 0 Å². The van der Waals surface area contributed by atoms with Crippen LogP contribution in [-0.2, 0) is 24.3 Å². The van der Waals surface area contributed by atoms with Gasteiger partial charge in [-0.05, 0) is 25.0 Å². The van der Waals surface area contributed by atoms with Gasteiger partial charge in [0.15, 0.2) is 6.10 Å². The van der Waals surface area contributed by atoms with Crippen LogP contribution in [0.1, 0.15) is 12.8 Å². The highest BCUT2D eigenvalue weighted by atomic mass is 35.5. The fourth-order valence-electron chi connectivity index (χ4n) is 3.48. The van der Waals surface area contributed by atoms with Gasteiger partial charge in [0.1, 0.15) is 4.90 Å². The van der Waals surface area contributed by atoms with Crippen LogP contribution in [0.15, 0.2) is 23.1 Å². The molecule has 2 amide bonds. The summed E-state index contributed by atoms with van der Waals surface area (Å²) in [5.41, 5.74) is 5.26. The molecule has 2 heterocycles. The number of piperidine rings is 1. The minimum atomic E-state index is -3.85. The Labute approximate surface area is 173 Å². The molecular weight excluding hydrogens is 429 g/mol. The first-order chi connectivity index (χ1) is 13.2. The van der Waals surface area contributed by atoms with E-state index in [1.807, 2.05) is 0 Å². The van der Waals surface area contributed by atoms with Crippen LogP contribution in [0, 0.1) is 5.92 Å². The number of carbonyl (C=O) groups is 2. The van der Waals surface area contributed by atoms with E-state index < -0.39 is 22.0 Å². The van der Waals surface area contributed by atoms with E-state index >= 15 is 0 Å². The summed E-state index contributed by atoms with van der Waals surface area (Å²) < 4.78 is 32.4. The first-order valence-electron chi connectivity index (χ1n) is 8.85. The number of hydrogen-bond acceptors (Lipinski definition) is 5. The van der Waals surface area contributed by atoms with Gasteiger partial charge in [-0.3, -0.25) is 9.59 Å². The van der Waals surface area contributed by atoms with E-state index in [4.69, 9.17) is 33.7 Å². The van der Waals surface area contributed by atoms with Gasteiger partial charge in [0.05, 0.1) is 23.2 Å². The molecule has 2 N–H and O–H groups in total. The zero-order valence-electron chi connectivity index (χ0n) is 15.0. The molecule has 11 heteroatoms. The molecule has 0 aliphatic carbocycles. The van der Waals surface area contributed by atoms with Crippen LogP contribution >= 0.6 is 23.2 Å². The number of amides is 2. The van der Waals surface area contributed by atoms with Crippen molar-refractivity contribution in [2.24, 2.45) is 11.7 Å². The molecule has 1 unspecified atom stereocenters. The second-order valence-corrected chi connectivity index (χ2v) is 9.46. The second-order valence-electron chi connectivity index (χ2n) is 6.78. The Morgan fingerprint density at radius 2 is 1.71 bits per heavy atom. The maximum absolute atomic E-state index is 12.9. The van der Waals surface area contributed by atoms with Gasteiger partial charge < -0.3 is 15.4 Å². The Bertz CT molecular complexity index is 851. The van der Waals surface area contributed by atoms with Crippen molar-refractivity contribution in [1.29, 1.82) is 0 Å². The Kier molecular flexibility index (Phi) is 6.51. The van der Waals surface area contributed by atoms with Gasteiger partial charge in [0.25, 0.3) is 0 Å². The first-order valence-corrected chi connectivity index (χ1v) is 11.0. The highest BCUT2D eigenvalue weighted by molar-refractivity contribution is 7.89. The van der Waals surface area contributed by atoms with Gasteiger partial charge in [0.2, 0.25) is 21.8 Å². The molecule has 0 spiro atoms. The van der Waals surface area contributed by atoms with Gasteiger partial charge in [-0.1, -0.05) is 29.3 Å². The number of hydrogen-bond donors (Lipinski definition) is 1. The molecule has 2 saturated heterocycles. The molecule has 2 aliphatic rings. The van der Waals surface area contributed by atoms with E-state index in [0.717, 1.165) is 0 Å². The summed E-state index contributed by atoms with van der Waals surface area (Å²) in [7, 11) is -3.85. The fraction of sp³-hybridized carbons (Fsp3) is 0.529. The van der Waals surface area contributed by atoms with E-state index in [1.54, 1.807) is 11.0 Å². The lowest BCUT2D eigenvalue weighted by Crippen LogP contribution is -2.53. The highest BCUT2D eigenvalue weighted by Crippen LogP contribution is 2.33. The molecule has 0 radical (unpaired) electrons. The summed E-state index contributed by atoms with van der Waals surface area (Å²) in [6, 6.07) is 4.53. The van der Waals surface area contributed by atoms with Crippen LogP contribution in [0.3, 0.4) is 0 Å². The molecule has 2 fully saturated rings. The van der Waals surface area contributed by atoms with Gasteiger partial charge in [0, 0.05) is 25.6 Å². The number of ether oxygens (including phenoxy) is 1. The standard InChI is InChI=1S/C17H21Cl2N3O5S/c18-12-2-1-3-13(19)15(12)28(25,26)22-6-4-11(5-7-22)17(24)21-8-9-27-14(10-21)16(20)23/h1-3,11,14H,4-10H2,(H2,20,23). The van der Waals surface area contributed by atoms with Crippen molar-refractivity contribution in [2.45, 2.75) is 23.8 Å². The van der Waals surface area contributed by atoms with Crippen LogP contribution in [0.4, 0.5) is 0 Å². The monoisotopic (exact) mass is 449 g/mol. The first kappa shape index (κ1) is 21.3. The van der Waals surface area contributed by atoms with Crippen LogP contribution in [-0.4, -0.2) is 68.3 Å². The predicted molar refractivity (Wildman–Crippen MR) is 103 cm³/mol. The number of nitrogens with two attached hydrogens (primary N) is 1. The Morgan fingerprint density at radius 1 is 1.11 bits per heavy atom. The fourth-order valence-corrected chi connectivity index (χ4v) is 6.04. The van der Waals surface area contributed by atoms with Crippen molar-refractivity contribution in [3.8, 4) is 0 Å². The van der Waals surface area contributed by atoms with E-state index in [2.05, 4.69) is 0 Å². The number of primary amides is 1. The molecule has 0 aromatic heterocycles. The van der Waals surface area contributed by atoms with E-state index in [0.29, 0.717) is 19.4 Å². The summed E-state index contributed by atoms with van der Waals surface area (Å²) in [4.78, 5) is 25.5. The molecule has 1 aromatic carbocycles. The summed E-state index contributed by atoms with van der Waals surface area (Å²) in [6.45, 7) is 1.13. The maximum Gasteiger partial charge on any atom is 0.248 e. The Hall–Kier alpha value is -1.39. The predicted octanol–water partition coefficient (Wildman–Crippen LogP) is 1.11. The lowest BCUT2D eigenvalue weighted by atomic mass is 9.96. The molecule has 28 heavy (non-hydrogen) atoms. The molecule has 0 saturated carbocycles. The highest BCUT2D eigenvalue weighted by Gasteiger charge is 2.37. The van der Waals surface area contributed by atoms with E-state index in [1.165, 1.54) is 16.4 Å². The van der Waals surface area contributed by atoms with Gasteiger partial charge in [-0.25, -0.2) is 8.42 Å². The van der Waals surface area contributed by atoms with E-state index in [9.17, 15) is 18.0 Å². The van der Waals surface area contributed by atoms with Crippen LogP contribution < -0.4 is 5.73 Å². The number of nitrogens with zero attached hydrogens (tertiary/aromatic N) is 2. The normalized spacial score (nSPS) is 22.2. The van der Waals surface area contributed by atoms with Crippen molar-refractivity contribution in [3.05, 3.63) is 28.2 Å². The third-order valence-corrected chi connectivity index (χ3v) is 7.87. The summed E-state index contributed by atoms with van der Waals surface area (Å²) in [6.07, 6.45) is -0.0576. The molecule has 2 aliphatic heterocycles. The second kappa shape index (κ2) is 8.54. The van der Waals surface area contributed by atoms with Crippen LogP contribution in [0.25, 0.3) is 0 Å². The summed E-state index contributed by atoms with van der Waals surface area (Å²) >= 11 is 12.1. The molecule has 0 bridgehead atoms. The van der Waals surface area contributed by atoms with E-state index in [-0.39, 0.29) is 53.0 Å². The number of sulfonamides is 1. The number of halogens is 2. The molecule has 1 aromatic rings. The quantitative estimate of drug-likeness (QED) is 0.739. The molecule has 1 atom stereocenters. The average Bonchev–Trinajstić information content (AvgIpc) is 2.67. The lowest BCUT2D eigenvalue weighted by molar-refractivity contribution is -0.149. The van der Waals surface area contributed by atoms with Crippen molar-refractivity contribution in [1.82, 2.24) is 9.21 Å². The molecule has 154 valence electrons. The van der Waals surface area contributed by atoms with Gasteiger partial charge >= 0.3 is 0 Å². The van der Waals surface area contributed by atoms with Crippen LogP contribution in [0.2, 0.25) is 10.0 Å². The van der Waals surface area contributed by atoms with Crippen LogP contribution in [0.5, 0.6) is 0 Å². The minimum Gasteiger partial charge on any atom is -0.367 e. The number of benzene rings is 1. The van der Waals surface area contributed by atoms with Gasteiger partial charge in [-0.2, -0.15) is 4.31 Å². The van der Waals surface area contributed by atoms with Crippen molar-refractivity contribution < 1.29 is 22.7 Å². The number of carbonyl (C=O) groups excluding carboxylic acids is 2. The van der Waals surface area contributed by atoms with Gasteiger partial charge in [-0.15, -0.1) is 0 Å². The molecule has 8 nitrogen and oxygen atoms in total. The Morgan fingerprint density at radius 3 is 2.29 bits per heavy atom. The van der Waals surface area contributed by atoms with Crippen molar-refractivity contribution >= 4 is 45.0 Å². The number of rotatable bonds is 4. The summed E-state index contributed by atoms with van der Waals surface area (Å²) in [5.74, 6) is -1.03. The summed E-state index contributed by atoms with van der Waals surface area (Å²) in [5, 5.41) is 0.132. The largest absolute Gasteiger partial charge is 0.367 e. The average molecular weight is 450 g/mol. The lowest BCUT2D eigenvalue weighted by Gasteiger charge is -2.36. The Balaban J connectivity index is 1.66. The zero-order chi connectivity index (χ0) is 20.5. The maximum atomic E-state index is 12.9. The SMILES string of the molecule is NC(=O)C1CN(C(=O)C2CCN(S(=O)(=O)c3c(Cl)cccc3Cl)CC2)CCO1. The minimum absolute atomic E-state index is 0.0662. The third kappa shape index (κ3) is 4.28.